The third-order valence-corrected chi connectivity index (χ3v) is 8.38. The van der Waals surface area contributed by atoms with Gasteiger partial charge in [-0.25, -0.2) is 13.5 Å². The second-order valence-corrected chi connectivity index (χ2v) is 12.4. The van der Waals surface area contributed by atoms with Crippen LogP contribution in [0.5, 0.6) is 17.2 Å². The number of nitrogens with zero attached hydrogens (tertiary/aromatic N) is 3. The van der Waals surface area contributed by atoms with Crippen LogP contribution in [0, 0.1) is 11.6 Å². The summed E-state index contributed by atoms with van der Waals surface area (Å²) in [4.78, 5) is 24.7. The van der Waals surface area contributed by atoms with E-state index in [-0.39, 0.29) is 16.4 Å². The summed E-state index contributed by atoms with van der Waals surface area (Å²) in [5, 5.41) is 18.4. The first-order chi connectivity index (χ1) is 26.8. The van der Waals surface area contributed by atoms with Gasteiger partial charge in [-0.05, 0) is 97.6 Å². The van der Waals surface area contributed by atoms with Gasteiger partial charge < -0.3 is 28.5 Å². The van der Waals surface area contributed by atoms with Crippen molar-refractivity contribution in [3.05, 3.63) is 142 Å². The lowest BCUT2D eigenvalue weighted by molar-refractivity contribution is 0.0333. The van der Waals surface area contributed by atoms with Crippen molar-refractivity contribution >= 4 is 22.8 Å². The fourth-order valence-electron chi connectivity index (χ4n) is 5.50. The Labute approximate surface area is 315 Å². The van der Waals surface area contributed by atoms with Gasteiger partial charge in [-0.2, -0.15) is 0 Å². The molecule has 0 saturated carbocycles. The maximum absolute atomic E-state index is 13.5. The Morgan fingerprint density at radius 3 is 2.25 bits per heavy atom. The number of rotatable bonds is 20. The molecule has 0 radical (unpaired) electrons. The molecule has 11 nitrogen and oxygen atoms in total. The molecule has 0 unspecified atom stereocenters. The van der Waals surface area contributed by atoms with Crippen molar-refractivity contribution in [2.45, 2.75) is 25.8 Å². The Morgan fingerprint density at radius 2 is 1.47 bits per heavy atom. The van der Waals surface area contributed by atoms with Crippen LogP contribution in [-0.4, -0.2) is 65.5 Å². The topological polar surface area (TPSA) is 135 Å². The number of halogens is 2. The second kappa shape index (κ2) is 19.2. The van der Waals surface area contributed by atoms with Crippen molar-refractivity contribution in [1.82, 2.24) is 15.0 Å². The van der Waals surface area contributed by atoms with Gasteiger partial charge in [0, 0.05) is 23.9 Å². The standard InChI is InChI=1S/C42H39F2N3O8/c43-31-10-17-41-37(25-31)40(50)27-42(55-41)30-7-13-35(14-8-30)54-24-23-52-22-21-51-20-18-47-28-33(45-46-47)3-1-2-19-53-34-11-4-29(5-12-34)6-16-38(48)36-15-9-32(44)26-39(36)49/h4-17,25-28,49H,1-3,18-24H2/b16-6+. The first-order valence-corrected chi connectivity index (χ1v) is 17.8. The van der Waals surface area contributed by atoms with E-state index in [1.807, 2.05) is 30.5 Å². The number of hydrogen-bond acceptors (Lipinski definition) is 10. The van der Waals surface area contributed by atoms with Gasteiger partial charge in [0.1, 0.15) is 46.8 Å². The molecule has 2 heterocycles. The maximum atomic E-state index is 13.5. The highest BCUT2D eigenvalue weighted by Gasteiger charge is 2.10. The summed E-state index contributed by atoms with van der Waals surface area (Å²) in [5.41, 5.74) is 2.43. The van der Waals surface area contributed by atoms with Gasteiger partial charge in [-0.15, -0.1) is 5.10 Å². The van der Waals surface area contributed by atoms with Gasteiger partial charge in [0.15, 0.2) is 11.2 Å². The SMILES string of the molecule is O=C(/C=C/c1ccc(OCCCCc2cn(CCOCCOCCOc3ccc(-c4cc(=O)c5cc(F)ccc5o4)cc3)nn2)cc1)c1ccc(F)cc1O. The molecule has 1 N–H and O–H groups in total. The number of carbonyl (C=O) groups excluding carboxylic acids is 1. The molecule has 0 aliphatic carbocycles. The van der Waals surface area contributed by atoms with Crippen LogP contribution in [0.25, 0.3) is 28.4 Å². The lowest BCUT2D eigenvalue weighted by Crippen LogP contribution is -2.13. The van der Waals surface area contributed by atoms with E-state index in [1.54, 1.807) is 35.0 Å². The van der Waals surface area contributed by atoms with Gasteiger partial charge in [-0.1, -0.05) is 23.4 Å². The second-order valence-electron chi connectivity index (χ2n) is 12.4. The number of allylic oxidation sites excluding steroid dienone is 1. The van der Waals surface area contributed by atoms with Gasteiger partial charge >= 0.3 is 0 Å². The summed E-state index contributed by atoms with van der Waals surface area (Å²) in [6.07, 6.45) is 7.36. The van der Waals surface area contributed by atoms with E-state index in [4.69, 9.17) is 23.4 Å². The highest BCUT2D eigenvalue weighted by atomic mass is 19.1. The number of ketones is 1. The number of unbranched alkanes of at least 4 members (excludes halogenated alkanes) is 1. The van der Waals surface area contributed by atoms with E-state index in [0.717, 1.165) is 42.7 Å². The number of carbonyl (C=O) groups is 1. The van der Waals surface area contributed by atoms with E-state index in [0.29, 0.717) is 74.6 Å². The smallest absolute Gasteiger partial charge is 0.193 e. The maximum Gasteiger partial charge on any atom is 0.193 e. The van der Waals surface area contributed by atoms with Crippen molar-refractivity contribution in [3.63, 3.8) is 0 Å². The van der Waals surface area contributed by atoms with Crippen LogP contribution >= 0.6 is 0 Å². The normalized spacial score (nSPS) is 11.4. The summed E-state index contributed by atoms with van der Waals surface area (Å²) in [6, 6.07) is 22.9. The molecule has 2 aromatic heterocycles. The van der Waals surface area contributed by atoms with Gasteiger partial charge in [-0.3, -0.25) is 9.59 Å². The predicted octanol–water partition coefficient (Wildman–Crippen LogP) is 7.45. The van der Waals surface area contributed by atoms with Crippen molar-refractivity contribution < 1.29 is 42.0 Å². The van der Waals surface area contributed by atoms with Crippen LogP contribution < -0.4 is 14.9 Å². The summed E-state index contributed by atoms with van der Waals surface area (Å²) in [7, 11) is 0. The van der Waals surface area contributed by atoms with Crippen molar-refractivity contribution in [2.24, 2.45) is 0 Å². The summed E-state index contributed by atoms with van der Waals surface area (Å²) < 4.78 is 57.0. The molecule has 13 heteroatoms. The van der Waals surface area contributed by atoms with Crippen LogP contribution in [0.3, 0.4) is 0 Å². The number of aryl methyl sites for hydroxylation is 1. The highest BCUT2D eigenvalue weighted by Crippen LogP contribution is 2.25. The Hall–Kier alpha value is -6.18. The largest absolute Gasteiger partial charge is 0.507 e. The molecule has 6 aromatic rings. The highest BCUT2D eigenvalue weighted by molar-refractivity contribution is 6.08. The van der Waals surface area contributed by atoms with Crippen LogP contribution in [0.4, 0.5) is 8.78 Å². The van der Waals surface area contributed by atoms with Crippen molar-refractivity contribution in [2.75, 3.05) is 39.6 Å². The predicted molar refractivity (Wildman–Crippen MR) is 201 cm³/mol. The van der Waals surface area contributed by atoms with Crippen LogP contribution in [0.15, 0.2) is 112 Å². The first-order valence-electron chi connectivity index (χ1n) is 17.8. The number of aromatic hydroxyl groups is 1. The monoisotopic (exact) mass is 751 g/mol. The molecule has 0 spiro atoms. The number of fused-ring (bicyclic) bond motifs is 1. The summed E-state index contributed by atoms with van der Waals surface area (Å²) >= 11 is 0. The molecule has 55 heavy (non-hydrogen) atoms. The Balaban J connectivity index is 0.782. The summed E-state index contributed by atoms with van der Waals surface area (Å²) in [5.74, 6) is -0.165. The zero-order valence-corrected chi connectivity index (χ0v) is 29.9. The molecule has 0 amide bonds. The van der Waals surface area contributed by atoms with Crippen molar-refractivity contribution in [1.29, 1.82) is 0 Å². The van der Waals surface area contributed by atoms with E-state index >= 15 is 0 Å². The average Bonchev–Trinajstić information content (AvgIpc) is 3.64. The Kier molecular flexibility index (Phi) is 13.5. The fourth-order valence-corrected chi connectivity index (χ4v) is 5.50. The first kappa shape index (κ1) is 38.5. The number of benzene rings is 4. The number of aromatic nitrogens is 3. The minimum atomic E-state index is -0.609. The zero-order chi connectivity index (χ0) is 38.4. The van der Waals surface area contributed by atoms with Crippen LogP contribution in [-0.2, 0) is 22.4 Å². The molecule has 0 fully saturated rings. The Bertz CT molecular complexity index is 2270. The summed E-state index contributed by atoms with van der Waals surface area (Å²) in [6.45, 7) is 3.19. The minimum absolute atomic E-state index is 0.0365. The molecule has 0 saturated heterocycles. The quantitative estimate of drug-likeness (QED) is 0.0476. The van der Waals surface area contributed by atoms with E-state index in [9.17, 15) is 23.5 Å². The molecule has 0 aliphatic heterocycles. The van der Waals surface area contributed by atoms with E-state index < -0.39 is 23.2 Å². The van der Waals surface area contributed by atoms with E-state index in [2.05, 4.69) is 10.3 Å². The Morgan fingerprint density at radius 1 is 0.782 bits per heavy atom. The third-order valence-electron chi connectivity index (χ3n) is 8.38. The molecular weight excluding hydrogens is 712 g/mol. The molecule has 284 valence electrons. The number of phenols is 1. The molecule has 6 rings (SSSR count). The third kappa shape index (κ3) is 11.4. The van der Waals surface area contributed by atoms with E-state index in [1.165, 1.54) is 36.4 Å². The number of ether oxygens (including phenoxy) is 4. The van der Waals surface area contributed by atoms with Crippen LogP contribution in [0.2, 0.25) is 0 Å². The zero-order valence-electron chi connectivity index (χ0n) is 29.9. The number of phenolic OH excluding ortho intramolecular Hbond substituents is 1. The fraction of sp³-hybridized carbons (Fsp3) is 0.238. The molecule has 0 atom stereocenters. The minimum Gasteiger partial charge on any atom is -0.507 e. The van der Waals surface area contributed by atoms with Gasteiger partial charge in [0.05, 0.1) is 56.2 Å². The molecule has 0 bridgehead atoms. The number of hydrogen-bond donors (Lipinski definition) is 1. The lowest BCUT2D eigenvalue weighted by atomic mass is 10.1. The van der Waals surface area contributed by atoms with Crippen LogP contribution in [0.1, 0.15) is 34.5 Å². The van der Waals surface area contributed by atoms with Gasteiger partial charge in [0.2, 0.25) is 0 Å². The molecular formula is C42H39F2N3O8. The molecule has 0 aliphatic rings. The lowest BCUT2D eigenvalue weighted by Gasteiger charge is -2.09. The average molecular weight is 752 g/mol. The van der Waals surface area contributed by atoms with Gasteiger partial charge in [0.25, 0.3) is 0 Å². The molecule has 4 aromatic carbocycles. The van der Waals surface area contributed by atoms with Crippen molar-refractivity contribution in [3.8, 4) is 28.6 Å².